The van der Waals surface area contributed by atoms with Crippen molar-refractivity contribution in [3.05, 3.63) is 23.3 Å². The second-order valence-electron chi connectivity index (χ2n) is 3.22. The molecule has 78 valence electrons. The van der Waals surface area contributed by atoms with Gasteiger partial charge in [0, 0.05) is 6.04 Å². The average molecular weight is 216 g/mol. The first-order valence-corrected chi connectivity index (χ1v) is 4.26. The predicted octanol–water partition coefficient (Wildman–Crippen LogP) is 1.68. The molecule has 0 saturated heterocycles. The normalized spacial score (nSPS) is 17.5. The Morgan fingerprint density at radius 1 is 1.21 bits per heavy atom. The summed E-state index contributed by atoms with van der Waals surface area (Å²) in [6, 6.07) is 4.13. The molecule has 1 atom stereocenters. The molecule has 4 heteroatoms. The van der Waals surface area contributed by atoms with Gasteiger partial charge in [0.15, 0.2) is 11.5 Å². The summed E-state index contributed by atoms with van der Waals surface area (Å²) < 4.78 is 10.3. The SMILES string of the molecule is COc1cc2c(cc1OC)C(N)C2.Cl. The van der Waals surface area contributed by atoms with E-state index in [1.54, 1.807) is 14.2 Å². The maximum absolute atomic E-state index is 5.81. The predicted molar refractivity (Wildman–Crippen MR) is 57.4 cm³/mol. The Balaban J connectivity index is 0.000000980. The van der Waals surface area contributed by atoms with Crippen LogP contribution in [0, 0.1) is 0 Å². The van der Waals surface area contributed by atoms with Gasteiger partial charge in [-0.15, -0.1) is 12.4 Å². The van der Waals surface area contributed by atoms with E-state index in [4.69, 9.17) is 15.2 Å². The standard InChI is InChI=1S/C10H13NO2.ClH/c1-12-9-4-6-3-8(11)7(6)5-10(9)13-2;/h4-5,8H,3,11H2,1-2H3;1H. The summed E-state index contributed by atoms with van der Waals surface area (Å²) in [6.07, 6.45) is 0.940. The van der Waals surface area contributed by atoms with Crippen LogP contribution in [-0.4, -0.2) is 14.2 Å². The molecule has 2 N–H and O–H groups in total. The summed E-state index contributed by atoms with van der Waals surface area (Å²) >= 11 is 0. The first kappa shape index (κ1) is 11.1. The van der Waals surface area contributed by atoms with Gasteiger partial charge in [-0.25, -0.2) is 0 Å². The van der Waals surface area contributed by atoms with Gasteiger partial charge in [-0.1, -0.05) is 0 Å². The number of rotatable bonds is 2. The molecule has 0 spiro atoms. The van der Waals surface area contributed by atoms with Crippen LogP contribution in [0.1, 0.15) is 17.2 Å². The summed E-state index contributed by atoms with van der Waals surface area (Å²) in [5, 5.41) is 0. The number of benzene rings is 1. The summed E-state index contributed by atoms with van der Waals surface area (Å²) in [6.45, 7) is 0. The zero-order chi connectivity index (χ0) is 9.42. The smallest absolute Gasteiger partial charge is 0.161 e. The highest BCUT2D eigenvalue weighted by atomic mass is 35.5. The lowest BCUT2D eigenvalue weighted by atomic mass is 9.83. The van der Waals surface area contributed by atoms with E-state index in [9.17, 15) is 0 Å². The molecular weight excluding hydrogens is 202 g/mol. The minimum Gasteiger partial charge on any atom is -0.493 e. The second-order valence-corrected chi connectivity index (χ2v) is 3.22. The van der Waals surface area contributed by atoms with Gasteiger partial charge in [0.25, 0.3) is 0 Å². The number of ether oxygens (including phenoxy) is 2. The quantitative estimate of drug-likeness (QED) is 0.817. The Morgan fingerprint density at radius 2 is 1.79 bits per heavy atom. The molecule has 3 nitrogen and oxygen atoms in total. The van der Waals surface area contributed by atoms with Crippen molar-refractivity contribution in [2.45, 2.75) is 12.5 Å². The number of fused-ring (bicyclic) bond motifs is 1. The molecule has 0 saturated carbocycles. The van der Waals surface area contributed by atoms with Crippen LogP contribution in [0.25, 0.3) is 0 Å². The monoisotopic (exact) mass is 215 g/mol. The highest BCUT2D eigenvalue weighted by molar-refractivity contribution is 5.85. The minimum atomic E-state index is 0. The molecule has 0 amide bonds. The fourth-order valence-electron chi connectivity index (χ4n) is 1.67. The Morgan fingerprint density at radius 3 is 2.29 bits per heavy atom. The molecule has 1 aliphatic carbocycles. The van der Waals surface area contributed by atoms with Crippen molar-refractivity contribution in [2.24, 2.45) is 5.73 Å². The topological polar surface area (TPSA) is 44.5 Å². The van der Waals surface area contributed by atoms with E-state index in [1.807, 2.05) is 12.1 Å². The Hall–Kier alpha value is -0.930. The number of hydrogen-bond acceptors (Lipinski definition) is 3. The van der Waals surface area contributed by atoms with Gasteiger partial charge in [0.1, 0.15) is 0 Å². The number of nitrogens with two attached hydrogens (primary N) is 1. The Labute approximate surface area is 89.6 Å². The molecule has 1 unspecified atom stereocenters. The molecule has 14 heavy (non-hydrogen) atoms. The summed E-state index contributed by atoms with van der Waals surface area (Å²) in [5.41, 5.74) is 8.26. The van der Waals surface area contributed by atoms with Crippen LogP contribution in [0.15, 0.2) is 12.1 Å². The largest absolute Gasteiger partial charge is 0.493 e. The first-order chi connectivity index (χ1) is 6.26. The van der Waals surface area contributed by atoms with E-state index >= 15 is 0 Å². The summed E-state index contributed by atoms with van der Waals surface area (Å²) in [5.74, 6) is 1.55. The zero-order valence-corrected chi connectivity index (χ0v) is 9.06. The lowest BCUT2D eigenvalue weighted by Gasteiger charge is -2.27. The molecule has 1 aliphatic rings. The molecule has 0 fully saturated rings. The van der Waals surface area contributed by atoms with Crippen LogP contribution in [0.3, 0.4) is 0 Å². The van der Waals surface area contributed by atoms with Gasteiger partial charge in [0.05, 0.1) is 14.2 Å². The van der Waals surface area contributed by atoms with E-state index in [2.05, 4.69) is 0 Å². The fourth-order valence-corrected chi connectivity index (χ4v) is 1.67. The van der Waals surface area contributed by atoms with Crippen LogP contribution in [0.4, 0.5) is 0 Å². The molecule has 0 aliphatic heterocycles. The third-order valence-electron chi connectivity index (χ3n) is 2.48. The molecule has 0 radical (unpaired) electrons. The van der Waals surface area contributed by atoms with Crippen molar-refractivity contribution in [2.75, 3.05) is 14.2 Å². The Kier molecular flexibility index (Phi) is 3.24. The van der Waals surface area contributed by atoms with Crippen molar-refractivity contribution in [1.29, 1.82) is 0 Å². The van der Waals surface area contributed by atoms with Crippen molar-refractivity contribution in [1.82, 2.24) is 0 Å². The second kappa shape index (κ2) is 4.07. The fraction of sp³-hybridized carbons (Fsp3) is 0.400. The lowest BCUT2D eigenvalue weighted by molar-refractivity contribution is 0.352. The van der Waals surface area contributed by atoms with E-state index < -0.39 is 0 Å². The molecule has 0 heterocycles. The maximum atomic E-state index is 5.81. The van der Waals surface area contributed by atoms with Gasteiger partial charge < -0.3 is 15.2 Å². The first-order valence-electron chi connectivity index (χ1n) is 4.26. The molecule has 0 aromatic heterocycles. The maximum Gasteiger partial charge on any atom is 0.161 e. The molecule has 1 aromatic carbocycles. The van der Waals surface area contributed by atoms with E-state index in [0.29, 0.717) is 0 Å². The van der Waals surface area contributed by atoms with Gasteiger partial charge >= 0.3 is 0 Å². The minimum absolute atomic E-state index is 0. The van der Waals surface area contributed by atoms with Crippen LogP contribution in [0.2, 0.25) is 0 Å². The summed E-state index contributed by atoms with van der Waals surface area (Å²) in [4.78, 5) is 0. The van der Waals surface area contributed by atoms with Gasteiger partial charge in [0.2, 0.25) is 0 Å². The van der Waals surface area contributed by atoms with Gasteiger partial charge in [-0.2, -0.15) is 0 Å². The van der Waals surface area contributed by atoms with Gasteiger partial charge in [-0.05, 0) is 29.7 Å². The van der Waals surface area contributed by atoms with Crippen LogP contribution in [-0.2, 0) is 6.42 Å². The van der Waals surface area contributed by atoms with Crippen molar-refractivity contribution < 1.29 is 9.47 Å². The highest BCUT2D eigenvalue weighted by Gasteiger charge is 2.24. The molecule has 1 aromatic rings. The number of hydrogen-bond donors (Lipinski definition) is 1. The Bertz CT molecular complexity index is 341. The highest BCUT2D eigenvalue weighted by Crippen LogP contribution is 2.39. The number of methoxy groups -OCH3 is 2. The average Bonchev–Trinajstić information content (AvgIpc) is 2.15. The van der Waals surface area contributed by atoms with Crippen LogP contribution < -0.4 is 15.2 Å². The molecular formula is C10H14ClNO2. The third-order valence-corrected chi connectivity index (χ3v) is 2.48. The van der Waals surface area contributed by atoms with Crippen molar-refractivity contribution in [3.63, 3.8) is 0 Å². The summed E-state index contributed by atoms with van der Waals surface area (Å²) in [7, 11) is 3.28. The zero-order valence-electron chi connectivity index (χ0n) is 8.24. The van der Waals surface area contributed by atoms with E-state index in [1.165, 1.54) is 11.1 Å². The molecule has 0 bridgehead atoms. The molecule has 2 rings (SSSR count). The van der Waals surface area contributed by atoms with Crippen molar-refractivity contribution >= 4 is 12.4 Å². The van der Waals surface area contributed by atoms with Crippen LogP contribution >= 0.6 is 12.4 Å². The van der Waals surface area contributed by atoms with E-state index in [0.717, 1.165) is 17.9 Å². The van der Waals surface area contributed by atoms with Crippen LogP contribution in [0.5, 0.6) is 11.5 Å². The van der Waals surface area contributed by atoms with E-state index in [-0.39, 0.29) is 18.4 Å². The van der Waals surface area contributed by atoms with Crippen molar-refractivity contribution in [3.8, 4) is 11.5 Å². The van der Waals surface area contributed by atoms with Gasteiger partial charge in [-0.3, -0.25) is 0 Å². The third kappa shape index (κ3) is 1.53. The lowest BCUT2D eigenvalue weighted by Crippen LogP contribution is -2.24. The number of halogens is 1.